The second kappa shape index (κ2) is 9.02. The number of allylic oxidation sites excluding steroid dienone is 1. The first-order valence-corrected chi connectivity index (χ1v) is 11.1. The molecule has 0 aliphatic heterocycles. The molecule has 4 nitrogen and oxygen atoms in total. The van der Waals surface area contributed by atoms with Gasteiger partial charge in [0.1, 0.15) is 24.3 Å². The second-order valence-electron chi connectivity index (χ2n) is 6.88. The molecule has 0 atom stereocenters. The van der Waals surface area contributed by atoms with Gasteiger partial charge in [-0.1, -0.05) is 24.3 Å². The Morgan fingerprint density at radius 3 is 2.70 bits per heavy atom. The lowest BCUT2D eigenvalue weighted by Crippen LogP contribution is -1.96. The standard InChI is InChI=1S/C24H17BrIN3O/c1-15-2-8-21-22(10-15)29-24(28-21)18(13-27)11-17-5-9-23(20(25)12-17)30-14-16-3-6-19(26)7-4-16/h2-12H,14H2,1H3,(H,28,29)/b18-11-. The van der Waals surface area contributed by atoms with Gasteiger partial charge in [0.15, 0.2) is 0 Å². The second-order valence-corrected chi connectivity index (χ2v) is 8.98. The number of rotatable bonds is 5. The minimum Gasteiger partial charge on any atom is -0.488 e. The van der Waals surface area contributed by atoms with Crippen LogP contribution in [0.1, 0.15) is 22.5 Å². The topological polar surface area (TPSA) is 61.7 Å². The molecular formula is C24H17BrIN3O. The number of nitriles is 1. The fourth-order valence-electron chi connectivity index (χ4n) is 3.04. The molecule has 1 N–H and O–H groups in total. The van der Waals surface area contributed by atoms with Crippen molar-refractivity contribution in [3.63, 3.8) is 0 Å². The summed E-state index contributed by atoms with van der Waals surface area (Å²) < 4.78 is 7.96. The molecule has 0 radical (unpaired) electrons. The van der Waals surface area contributed by atoms with E-state index in [0.717, 1.165) is 37.9 Å². The van der Waals surface area contributed by atoms with E-state index in [2.05, 4.69) is 78.8 Å². The summed E-state index contributed by atoms with van der Waals surface area (Å²) in [6.45, 7) is 2.52. The number of halogens is 2. The highest BCUT2D eigenvalue weighted by molar-refractivity contribution is 14.1. The lowest BCUT2D eigenvalue weighted by atomic mass is 10.1. The predicted molar refractivity (Wildman–Crippen MR) is 132 cm³/mol. The van der Waals surface area contributed by atoms with E-state index in [1.165, 1.54) is 3.57 Å². The van der Waals surface area contributed by atoms with Crippen molar-refractivity contribution in [2.24, 2.45) is 0 Å². The van der Waals surface area contributed by atoms with Crippen LogP contribution in [-0.4, -0.2) is 9.97 Å². The van der Waals surface area contributed by atoms with Crippen molar-refractivity contribution in [3.8, 4) is 11.8 Å². The van der Waals surface area contributed by atoms with Crippen molar-refractivity contribution >= 4 is 61.2 Å². The molecule has 4 rings (SSSR count). The molecule has 0 bridgehead atoms. The van der Waals surface area contributed by atoms with Gasteiger partial charge in [-0.15, -0.1) is 0 Å². The van der Waals surface area contributed by atoms with Gasteiger partial charge in [-0.25, -0.2) is 4.98 Å². The summed E-state index contributed by atoms with van der Waals surface area (Å²) in [5.74, 6) is 1.32. The molecule has 1 heterocycles. The van der Waals surface area contributed by atoms with Crippen LogP contribution in [0.2, 0.25) is 0 Å². The van der Waals surface area contributed by atoms with E-state index in [1.54, 1.807) is 0 Å². The molecule has 0 saturated heterocycles. The van der Waals surface area contributed by atoms with Gasteiger partial charge in [0.25, 0.3) is 0 Å². The van der Waals surface area contributed by atoms with Crippen molar-refractivity contribution in [1.82, 2.24) is 9.97 Å². The van der Waals surface area contributed by atoms with E-state index >= 15 is 0 Å². The van der Waals surface area contributed by atoms with E-state index in [9.17, 15) is 5.26 Å². The van der Waals surface area contributed by atoms with Gasteiger partial charge in [-0.3, -0.25) is 0 Å². The van der Waals surface area contributed by atoms with Gasteiger partial charge in [-0.05, 0) is 105 Å². The summed E-state index contributed by atoms with van der Waals surface area (Å²) in [5.41, 5.74) is 5.38. The minimum absolute atomic E-state index is 0.475. The molecule has 148 valence electrons. The molecule has 0 amide bonds. The quantitative estimate of drug-likeness (QED) is 0.210. The number of aryl methyl sites for hydroxylation is 1. The highest BCUT2D eigenvalue weighted by atomic mass is 127. The fourth-order valence-corrected chi connectivity index (χ4v) is 3.91. The largest absolute Gasteiger partial charge is 0.488 e. The number of imidazole rings is 1. The summed E-state index contributed by atoms with van der Waals surface area (Å²) in [5, 5.41) is 9.66. The zero-order valence-corrected chi connectivity index (χ0v) is 19.9. The number of hydrogen-bond donors (Lipinski definition) is 1. The van der Waals surface area contributed by atoms with Crippen LogP contribution in [0.5, 0.6) is 5.75 Å². The molecule has 1 aromatic heterocycles. The van der Waals surface area contributed by atoms with Crippen LogP contribution in [0.15, 0.2) is 65.1 Å². The number of aromatic nitrogens is 2. The van der Waals surface area contributed by atoms with E-state index in [0.29, 0.717) is 18.0 Å². The summed E-state index contributed by atoms with van der Waals surface area (Å²) in [6.07, 6.45) is 1.82. The molecule has 0 aliphatic rings. The number of ether oxygens (including phenoxy) is 1. The number of aromatic amines is 1. The molecule has 6 heteroatoms. The van der Waals surface area contributed by atoms with Gasteiger partial charge >= 0.3 is 0 Å². The Balaban J connectivity index is 1.55. The molecule has 0 spiro atoms. The van der Waals surface area contributed by atoms with E-state index in [1.807, 2.05) is 49.4 Å². The lowest BCUT2D eigenvalue weighted by molar-refractivity contribution is 0.304. The fraction of sp³-hybridized carbons (Fsp3) is 0.0833. The van der Waals surface area contributed by atoms with Crippen LogP contribution in [0, 0.1) is 21.8 Å². The monoisotopic (exact) mass is 569 g/mol. The minimum atomic E-state index is 0.475. The van der Waals surface area contributed by atoms with Crippen LogP contribution in [0.4, 0.5) is 0 Å². The van der Waals surface area contributed by atoms with Gasteiger partial charge in [0, 0.05) is 3.57 Å². The summed E-state index contributed by atoms with van der Waals surface area (Å²) in [4.78, 5) is 7.78. The number of fused-ring (bicyclic) bond motifs is 1. The molecule has 0 unspecified atom stereocenters. The Bertz CT molecular complexity index is 1290. The molecule has 3 aromatic carbocycles. The third-order valence-electron chi connectivity index (χ3n) is 4.59. The smallest absolute Gasteiger partial charge is 0.149 e. The number of nitrogens with one attached hydrogen (secondary N) is 1. The van der Waals surface area contributed by atoms with Gasteiger partial charge in [0.05, 0.1) is 21.1 Å². The first-order valence-electron chi connectivity index (χ1n) is 9.27. The van der Waals surface area contributed by atoms with Crippen molar-refractivity contribution in [3.05, 3.63) is 91.2 Å². The van der Waals surface area contributed by atoms with Gasteiger partial charge in [-0.2, -0.15) is 5.26 Å². The number of benzene rings is 3. The number of H-pyrrole nitrogens is 1. The van der Waals surface area contributed by atoms with Crippen molar-refractivity contribution in [2.75, 3.05) is 0 Å². The van der Waals surface area contributed by atoms with E-state index < -0.39 is 0 Å². The van der Waals surface area contributed by atoms with Crippen molar-refractivity contribution in [1.29, 1.82) is 5.26 Å². The zero-order chi connectivity index (χ0) is 21.1. The van der Waals surface area contributed by atoms with Crippen LogP contribution in [0.3, 0.4) is 0 Å². The third-order valence-corrected chi connectivity index (χ3v) is 5.93. The van der Waals surface area contributed by atoms with E-state index in [4.69, 9.17) is 4.74 Å². The maximum atomic E-state index is 9.66. The van der Waals surface area contributed by atoms with Crippen molar-refractivity contribution < 1.29 is 4.74 Å². The molecule has 30 heavy (non-hydrogen) atoms. The third kappa shape index (κ3) is 4.74. The Kier molecular flexibility index (Phi) is 6.21. The lowest BCUT2D eigenvalue weighted by Gasteiger charge is -2.09. The van der Waals surface area contributed by atoms with Gasteiger partial charge in [0.2, 0.25) is 0 Å². The molecule has 4 aromatic rings. The van der Waals surface area contributed by atoms with Crippen LogP contribution in [0.25, 0.3) is 22.7 Å². The zero-order valence-electron chi connectivity index (χ0n) is 16.1. The maximum Gasteiger partial charge on any atom is 0.149 e. The molecule has 0 saturated carbocycles. The first-order chi connectivity index (χ1) is 14.5. The van der Waals surface area contributed by atoms with E-state index in [-0.39, 0.29) is 0 Å². The number of hydrogen-bond acceptors (Lipinski definition) is 3. The van der Waals surface area contributed by atoms with Gasteiger partial charge < -0.3 is 9.72 Å². The molecular weight excluding hydrogens is 553 g/mol. The maximum absolute atomic E-state index is 9.66. The first kappa shape index (κ1) is 20.6. The average Bonchev–Trinajstić information content (AvgIpc) is 3.15. The Morgan fingerprint density at radius 1 is 1.17 bits per heavy atom. The Hall–Kier alpha value is -2.63. The highest BCUT2D eigenvalue weighted by Gasteiger charge is 2.09. The van der Waals surface area contributed by atoms with Crippen LogP contribution in [-0.2, 0) is 6.61 Å². The highest BCUT2D eigenvalue weighted by Crippen LogP contribution is 2.29. The Labute approximate surface area is 196 Å². The molecule has 0 fully saturated rings. The SMILES string of the molecule is Cc1ccc2nc(/C(C#N)=C\c3ccc(OCc4ccc(I)cc4)c(Br)c3)[nH]c2c1. The normalized spacial score (nSPS) is 11.5. The van der Waals surface area contributed by atoms with Crippen molar-refractivity contribution in [2.45, 2.75) is 13.5 Å². The average molecular weight is 570 g/mol. The summed E-state index contributed by atoms with van der Waals surface area (Å²) >= 11 is 5.86. The summed E-state index contributed by atoms with van der Waals surface area (Å²) in [7, 11) is 0. The molecule has 0 aliphatic carbocycles. The van der Waals surface area contributed by atoms with Crippen LogP contribution >= 0.6 is 38.5 Å². The van der Waals surface area contributed by atoms with Crippen LogP contribution < -0.4 is 4.74 Å². The number of nitrogens with zero attached hydrogens (tertiary/aromatic N) is 2. The Morgan fingerprint density at radius 2 is 1.97 bits per heavy atom. The summed E-state index contributed by atoms with van der Waals surface area (Å²) in [6, 6.07) is 22.2. The predicted octanol–water partition coefficient (Wildman–Crippen LogP) is 6.88.